The van der Waals surface area contributed by atoms with Gasteiger partial charge >= 0.3 is 0 Å². The maximum Gasteiger partial charge on any atom is 0.255 e. The van der Waals surface area contributed by atoms with E-state index in [1.165, 1.54) is 0 Å². The number of carbonyl (C=O) groups excluding carboxylic acids is 1. The highest BCUT2D eigenvalue weighted by atomic mass is 79.9. The summed E-state index contributed by atoms with van der Waals surface area (Å²) in [6.07, 6.45) is 3.65. The Morgan fingerprint density at radius 3 is 2.62 bits per heavy atom. The van der Waals surface area contributed by atoms with Gasteiger partial charge in [-0.15, -0.1) is 0 Å². The van der Waals surface area contributed by atoms with Gasteiger partial charge in [0.15, 0.2) is 0 Å². The summed E-state index contributed by atoms with van der Waals surface area (Å²) >= 11 is 3.37. The van der Waals surface area contributed by atoms with Gasteiger partial charge in [-0.1, -0.05) is 24.3 Å². The van der Waals surface area contributed by atoms with Crippen LogP contribution in [0.1, 0.15) is 15.9 Å². The number of methoxy groups -OCH3 is 1. The fraction of sp³-hybridized carbons (Fsp3) is 0.111. The van der Waals surface area contributed by atoms with Crippen molar-refractivity contribution in [2.45, 2.75) is 6.54 Å². The third-order valence-corrected chi connectivity index (χ3v) is 3.93. The average molecular weight is 386 g/mol. The Bertz CT molecular complexity index is 843. The molecule has 0 radical (unpaired) electrons. The molecular weight excluding hydrogens is 370 g/mol. The molecule has 0 fully saturated rings. The maximum absolute atomic E-state index is 12.4. The van der Waals surface area contributed by atoms with Gasteiger partial charge in [0.05, 0.1) is 30.0 Å². The van der Waals surface area contributed by atoms with Gasteiger partial charge in [-0.05, 0) is 45.8 Å². The van der Waals surface area contributed by atoms with Crippen molar-refractivity contribution in [3.05, 3.63) is 76.5 Å². The fourth-order valence-electron chi connectivity index (χ4n) is 2.32. The van der Waals surface area contributed by atoms with E-state index in [-0.39, 0.29) is 5.91 Å². The Labute approximate surface area is 148 Å². The number of para-hydroxylation sites is 2. The van der Waals surface area contributed by atoms with Gasteiger partial charge in [0.2, 0.25) is 0 Å². The maximum atomic E-state index is 12.4. The largest absolute Gasteiger partial charge is 0.495 e. The lowest BCUT2D eigenvalue weighted by Gasteiger charge is -2.10. The number of hydrogen-bond acceptors (Lipinski definition) is 3. The lowest BCUT2D eigenvalue weighted by atomic mass is 10.1. The first-order chi connectivity index (χ1) is 11.7. The molecule has 5 nitrogen and oxygen atoms in total. The number of amides is 1. The third-order valence-electron chi connectivity index (χ3n) is 3.52. The lowest BCUT2D eigenvalue weighted by molar-refractivity contribution is 0.102. The zero-order valence-corrected chi connectivity index (χ0v) is 14.7. The van der Waals surface area contributed by atoms with Crippen molar-refractivity contribution in [3.8, 4) is 5.75 Å². The Hall–Kier alpha value is -2.60. The predicted octanol–water partition coefficient (Wildman–Crippen LogP) is 3.95. The van der Waals surface area contributed by atoms with Gasteiger partial charge in [-0.3, -0.25) is 9.48 Å². The van der Waals surface area contributed by atoms with Gasteiger partial charge in [-0.2, -0.15) is 5.10 Å². The van der Waals surface area contributed by atoms with E-state index in [1.807, 2.05) is 35.1 Å². The smallest absolute Gasteiger partial charge is 0.255 e. The van der Waals surface area contributed by atoms with Crippen LogP contribution < -0.4 is 10.1 Å². The Kier molecular flexibility index (Phi) is 4.96. The van der Waals surface area contributed by atoms with Crippen LogP contribution in [0.2, 0.25) is 0 Å². The molecule has 0 spiro atoms. The van der Waals surface area contributed by atoms with Crippen molar-refractivity contribution in [2.75, 3.05) is 12.4 Å². The van der Waals surface area contributed by atoms with E-state index in [4.69, 9.17) is 4.74 Å². The van der Waals surface area contributed by atoms with Gasteiger partial charge in [0.1, 0.15) is 5.75 Å². The summed E-state index contributed by atoms with van der Waals surface area (Å²) in [5.74, 6) is 0.458. The summed E-state index contributed by atoms with van der Waals surface area (Å²) in [7, 11) is 1.58. The highest BCUT2D eigenvalue weighted by Crippen LogP contribution is 2.23. The first-order valence-electron chi connectivity index (χ1n) is 7.37. The topological polar surface area (TPSA) is 56.1 Å². The highest BCUT2D eigenvalue weighted by molar-refractivity contribution is 9.10. The molecule has 3 rings (SSSR count). The molecule has 122 valence electrons. The summed E-state index contributed by atoms with van der Waals surface area (Å²) in [4.78, 5) is 12.4. The molecule has 3 aromatic rings. The van der Waals surface area contributed by atoms with Crippen LogP contribution in [-0.2, 0) is 6.54 Å². The van der Waals surface area contributed by atoms with Crippen molar-refractivity contribution in [1.82, 2.24) is 9.78 Å². The Morgan fingerprint density at radius 2 is 1.96 bits per heavy atom. The number of anilines is 1. The van der Waals surface area contributed by atoms with Crippen molar-refractivity contribution < 1.29 is 9.53 Å². The number of ether oxygens (including phenoxy) is 1. The zero-order chi connectivity index (χ0) is 16.9. The second-order valence-electron chi connectivity index (χ2n) is 5.21. The van der Waals surface area contributed by atoms with E-state index in [9.17, 15) is 4.79 Å². The normalized spacial score (nSPS) is 10.4. The molecule has 0 aliphatic rings. The van der Waals surface area contributed by atoms with Crippen LogP contribution in [0.15, 0.2) is 65.4 Å². The van der Waals surface area contributed by atoms with Crippen LogP contribution in [0.3, 0.4) is 0 Å². The van der Waals surface area contributed by atoms with Crippen LogP contribution >= 0.6 is 15.9 Å². The summed E-state index contributed by atoms with van der Waals surface area (Å²) in [6, 6.07) is 14.8. The third kappa shape index (κ3) is 3.83. The molecule has 0 saturated carbocycles. The monoisotopic (exact) mass is 385 g/mol. The Morgan fingerprint density at radius 1 is 1.21 bits per heavy atom. The molecule has 0 saturated heterocycles. The minimum absolute atomic E-state index is 0.173. The molecule has 0 atom stereocenters. The number of hydrogen-bond donors (Lipinski definition) is 1. The van der Waals surface area contributed by atoms with Gasteiger partial charge < -0.3 is 10.1 Å². The molecule has 1 aromatic heterocycles. The molecule has 6 heteroatoms. The SMILES string of the molecule is COc1ccccc1NC(=O)c1ccc(Cn2cc(Br)cn2)cc1. The van der Waals surface area contributed by atoms with Crippen LogP contribution in [0.5, 0.6) is 5.75 Å². The number of carbonyl (C=O) groups is 1. The van der Waals surface area contributed by atoms with Crippen molar-refractivity contribution >= 4 is 27.5 Å². The fourth-order valence-corrected chi connectivity index (χ4v) is 2.64. The quantitative estimate of drug-likeness (QED) is 0.723. The molecule has 2 aromatic carbocycles. The number of halogens is 1. The van der Waals surface area contributed by atoms with Crippen molar-refractivity contribution in [1.29, 1.82) is 0 Å². The van der Waals surface area contributed by atoms with E-state index in [2.05, 4.69) is 26.3 Å². The minimum Gasteiger partial charge on any atom is -0.495 e. The number of benzene rings is 2. The second-order valence-corrected chi connectivity index (χ2v) is 6.12. The number of nitrogens with zero attached hydrogens (tertiary/aromatic N) is 2. The molecule has 24 heavy (non-hydrogen) atoms. The summed E-state index contributed by atoms with van der Waals surface area (Å²) in [6.45, 7) is 0.653. The van der Waals surface area contributed by atoms with E-state index >= 15 is 0 Å². The van der Waals surface area contributed by atoms with Crippen molar-refractivity contribution in [3.63, 3.8) is 0 Å². The summed E-state index contributed by atoms with van der Waals surface area (Å²) in [5.41, 5.74) is 2.31. The molecule has 1 N–H and O–H groups in total. The minimum atomic E-state index is -0.173. The summed E-state index contributed by atoms with van der Waals surface area (Å²) in [5, 5.41) is 7.08. The van der Waals surface area contributed by atoms with Gasteiger partial charge in [0, 0.05) is 11.8 Å². The van der Waals surface area contributed by atoms with Crippen LogP contribution in [0.4, 0.5) is 5.69 Å². The summed E-state index contributed by atoms with van der Waals surface area (Å²) < 4.78 is 8.01. The van der Waals surface area contributed by atoms with E-state index in [1.54, 1.807) is 37.6 Å². The van der Waals surface area contributed by atoms with E-state index in [0.29, 0.717) is 23.5 Å². The molecule has 0 unspecified atom stereocenters. The number of rotatable bonds is 5. The molecule has 1 amide bonds. The first kappa shape index (κ1) is 16.3. The van der Waals surface area contributed by atoms with Gasteiger partial charge in [0.25, 0.3) is 5.91 Å². The average Bonchev–Trinajstić information content (AvgIpc) is 3.01. The number of aromatic nitrogens is 2. The van der Waals surface area contributed by atoms with Crippen LogP contribution in [-0.4, -0.2) is 22.8 Å². The Balaban J connectivity index is 1.69. The lowest BCUT2D eigenvalue weighted by Crippen LogP contribution is -2.12. The van der Waals surface area contributed by atoms with E-state index < -0.39 is 0 Å². The molecule has 0 aliphatic carbocycles. The van der Waals surface area contributed by atoms with Gasteiger partial charge in [-0.25, -0.2) is 0 Å². The molecule has 1 heterocycles. The van der Waals surface area contributed by atoms with Crippen LogP contribution in [0.25, 0.3) is 0 Å². The number of nitrogens with one attached hydrogen (secondary N) is 1. The highest BCUT2D eigenvalue weighted by Gasteiger charge is 2.09. The van der Waals surface area contributed by atoms with Crippen LogP contribution in [0, 0.1) is 0 Å². The standard InChI is InChI=1S/C18H16BrN3O2/c1-24-17-5-3-2-4-16(17)21-18(23)14-8-6-13(7-9-14)11-22-12-15(19)10-20-22/h2-10,12H,11H2,1H3,(H,21,23). The first-order valence-corrected chi connectivity index (χ1v) is 8.16. The van der Waals surface area contributed by atoms with E-state index in [0.717, 1.165) is 10.0 Å². The predicted molar refractivity (Wildman–Crippen MR) is 96.4 cm³/mol. The molecule has 0 bridgehead atoms. The second kappa shape index (κ2) is 7.31. The van der Waals surface area contributed by atoms with Crippen molar-refractivity contribution in [2.24, 2.45) is 0 Å². The molecular formula is C18H16BrN3O2. The molecule has 0 aliphatic heterocycles. The zero-order valence-electron chi connectivity index (χ0n) is 13.1.